The Morgan fingerprint density at radius 1 is 1.11 bits per heavy atom. The van der Waals surface area contributed by atoms with Gasteiger partial charge in [-0.3, -0.25) is 4.79 Å². The van der Waals surface area contributed by atoms with E-state index in [4.69, 9.17) is 4.74 Å². The number of halogens is 2. The molecule has 9 heteroatoms. The molecule has 28 heavy (non-hydrogen) atoms. The lowest BCUT2D eigenvalue weighted by molar-refractivity contribution is -0.118. The average molecular weight is 471 g/mol. The molecule has 0 radical (unpaired) electrons. The molecule has 0 aromatic heterocycles. The van der Waals surface area contributed by atoms with Crippen molar-refractivity contribution >= 4 is 37.5 Å². The lowest BCUT2D eigenvalue weighted by Crippen LogP contribution is -2.35. The first-order valence-electron chi connectivity index (χ1n) is 8.84. The maximum atomic E-state index is 13.7. The lowest BCUT2D eigenvalue weighted by atomic mass is 10.2. The molecule has 1 fully saturated rings. The Bertz CT molecular complexity index is 945. The molecule has 1 N–H and O–H groups in total. The maximum absolute atomic E-state index is 13.7. The zero-order chi connectivity index (χ0) is 20.1. The molecule has 0 bridgehead atoms. The molecule has 2 aromatic rings. The van der Waals surface area contributed by atoms with Gasteiger partial charge in [0.15, 0.2) is 18.2 Å². The van der Waals surface area contributed by atoms with E-state index >= 15 is 0 Å². The van der Waals surface area contributed by atoms with Crippen molar-refractivity contribution in [2.45, 2.75) is 24.2 Å². The number of nitrogens with one attached hydrogen (secondary N) is 1. The Morgan fingerprint density at radius 2 is 1.79 bits per heavy atom. The number of sulfonamides is 1. The minimum Gasteiger partial charge on any atom is -0.481 e. The number of hydrogen-bond donors (Lipinski definition) is 1. The van der Waals surface area contributed by atoms with Gasteiger partial charge in [-0.1, -0.05) is 22.4 Å². The Balaban J connectivity index is 1.58. The fourth-order valence-corrected chi connectivity index (χ4v) is 4.75. The Kier molecular flexibility index (Phi) is 6.69. The summed E-state index contributed by atoms with van der Waals surface area (Å²) in [4.78, 5) is 12.2. The quantitative estimate of drug-likeness (QED) is 0.696. The van der Waals surface area contributed by atoms with E-state index in [-0.39, 0.29) is 17.3 Å². The molecule has 1 aliphatic rings. The van der Waals surface area contributed by atoms with Crippen LogP contribution < -0.4 is 10.1 Å². The zero-order valence-electron chi connectivity index (χ0n) is 15.0. The van der Waals surface area contributed by atoms with Crippen molar-refractivity contribution in [1.82, 2.24) is 4.31 Å². The predicted octanol–water partition coefficient (Wildman–Crippen LogP) is 3.78. The van der Waals surface area contributed by atoms with Crippen molar-refractivity contribution in [2.24, 2.45) is 0 Å². The number of benzene rings is 2. The summed E-state index contributed by atoms with van der Waals surface area (Å²) in [6.45, 7) is 0.696. The van der Waals surface area contributed by atoms with Gasteiger partial charge in [0.05, 0.1) is 4.90 Å². The number of amides is 1. The Hall–Kier alpha value is -1.97. The largest absolute Gasteiger partial charge is 0.481 e. The molecule has 0 saturated carbocycles. The molecule has 0 atom stereocenters. The van der Waals surface area contributed by atoms with Gasteiger partial charge in [0.1, 0.15) is 0 Å². The molecule has 150 valence electrons. The van der Waals surface area contributed by atoms with E-state index < -0.39 is 21.7 Å². The van der Waals surface area contributed by atoms with Gasteiger partial charge in [0, 0.05) is 23.2 Å². The first-order chi connectivity index (χ1) is 13.4. The summed E-state index contributed by atoms with van der Waals surface area (Å²) in [5, 5.41) is 2.60. The molecule has 6 nitrogen and oxygen atoms in total. The van der Waals surface area contributed by atoms with Gasteiger partial charge in [-0.15, -0.1) is 0 Å². The molecule has 1 aliphatic heterocycles. The molecule has 0 aliphatic carbocycles. The van der Waals surface area contributed by atoms with Crippen LogP contribution in [0.5, 0.6) is 5.75 Å². The van der Waals surface area contributed by atoms with Crippen LogP contribution in [0.15, 0.2) is 51.8 Å². The van der Waals surface area contributed by atoms with Gasteiger partial charge in [-0.25, -0.2) is 12.8 Å². The molecule has 0 spiro atoms. The number of carbonyl (C=O) groups excluding carboxylic acids is 1. The fraction of sp³-hybridized carbons (Fsp3) is 0.316. The Morgan fingerprint density at radius 3 is 2.43 bits per heavy atom. The smallest absolute Gasteiger partial charge is 0.262 e. The van der Waals surface area contributed by atoms with Gasteiger partial charge < -0.3 is 10.1 Å². The number of rotatable bonds is 6. The van der Waals surface area contributed by atoms with Crippen molar-refractivity contribution in [1.29, 1.82) is 0 Å². The second-order valence-corrected chi connectivity index (χ2v) is 9.25. The monoisotopic (exact) mass is 470 g/mol. The van der Waals surface area contributed by atoms with Crippen molar-refractivity contribution in [3.63, 3.8) is 0 Å². The van der Waals surface area contributed by atoms with E-state index in [9.17, 15) is 17.6 Å². The van der Waals surface area contributed by atoms with Crippen molar-refractivity contribution < 1.29 is 22.3 Å². The summed E-state index contributed by atoms with van der Waals surface area (Å²) in [7, 11) is -3.51. The molecule has 1 heterocycles. The number of hydrogen-bond acceptors (Lipinski definition) is 4. The fourth-order valence-electron chi connectivity index (χ4n) is 2.90. The molecule has 1 amide bonds. The standard InChI is InChI=1S/C19H20BrFN2O4S/c20-14-4-9-18(17(21)12-14)27-13-19(24)22-15-5-7-16(8-6-15)28(25,26)23-10-2-1-3-11-23/h4-9,12H,1-3,10-11,13H2,(H,22,24). The van der Waals surface area contributed by atoms with Crippen LogP contribution in [0.25, 0.3) is 0 Å². The van der Waals surface area contributed by atoms with Gasteiger partial charge in [0.25, 0.3) is 5.91 Å². The maximum Gasteiger partial charge on any atom is 0.262 e. The van der Waals surface area contributed by atoms with Crippen LogP contribution in [0.2, 0.25) is 0 Å². The summed E-state index contributed by atoms with van der Waals surface area (Å²) >= 11 is 3.14. The van der Waals surface area contributed by atoms with Crippen molar-refractivity contribution in [3.8, 4) is 5.75 Å². The average Bonchev–Trinajstić information content (AvgIpc) is 2.68. The van der Waals surface area contributed by atoms with Crippen LogP contribution in [0.1, 0.15) is 19.3 Å². The first-order valence-corrected chi connectivity index (χ1v) is 11.1. The number of carbonyl (C=O) groups is 1. The summed E-state index contributed by atoms with van der Waals surface area (Å²) in [6, 6.07) is 10.3. The minimum absolute atomic E-state index is 0.0266. The first kappa shape index (κ1) is 20.8. The van der Waals surface area contributed by atoms with Crippen LogP contribution in [-0.4, -0.2) is 38.3 Å². The molecule has 3 rings (SSSR count). The van der Waals surface area contributed by atoms with E-state index in [1.807, 2.05) is 0 Å². The van der Waals surface area contributed by atoms with E-state index in [0.717, 1.165) is 19.3 Å². The van der Waals surface area contributed by atoms with Gasteiger partial charge in [-0.05, 0) is 55.3 Å². The second kappa shape index (κ2) is 9.02. The number of ether oxygens (including phenoxy) is 1. The summed E-state index contributed by atoms with van der Waals surface area (Å²) in [6.07, 6.45) is 2.78. The van der Waals surface area contributed by atoms with Crippen LogP contribution in [-0.2, 0) is 14.8 Å². The van der Waals surface area contributed by atoms with Gasteiger partial charge >= 0.3 is 0 Å². The van der Waals surface area contributed by atoms with Crippen molar-refractivity contribution in [2.75, 3.05) is 25.0 Å². The molecular weight excluding hydrogens is 451 g/mol. The van der Waals surface area contributed by atoms with Crippen LogP contribution in [0, 0.1) is 5.82 Å². The van der Waals surface area contributed by atoms with Crippen LogP contribution in [0.3, 0.4) is 0 Å². The van der Waals surface area contributed by atoms with E-state index in [1.54, 1.807) is 6.07 Å². The minimum atomic E-state index is -3.51. The Labute approximate surface area is 171 Å². The van der Waals surface area contributed by atoms with Crippen LogP contribution in [0.4, 0.5) is 10.1 Å². The molecular formula is C19H20BrFN2O4S. The second-order valence-electron chi connectivity index (χ2n) is 6.40. The SMILES string of the molecule is O=C(COc1ccc(Br)cc1F)Nc1ccc(S(=O)(=O)N2CCCCC2)cc1. The third kappa shape index (κ3) is 5.09. The third-order valence-corrected chi connectivity index (χ3v) is 6.75. The van der Waals surface area contributed by atoms with Crippen LogP contribution >= 0.6 is 15.9 Å². The van der Waals surface area contributed by atoms with Crippen molar-refractivity contribution in [3.05, 3.63) is 52.8 Å². The van der Waals surface area contributed by atoms with E-state index in [1.165, 1.54) is 40.7 Å². The highest BCUT2D eigenvalue weighted by molar-refractivity contribution is 9.10. The van der Waals surface area contributed by atoms with Gasteiger partial charge in [0.2, 0.25) is 10.0 Å². The lowest BCUT2D eigenvalue weighted by Gasteiger charge is -2.25. The number of nitrogens with zero attached hydrogens (tertiary/aromatic N) is 1. The zero-order valence-corrected chi connectivity index (χ0v) is 17.4. The molecule has 1 saturated heterocycles. The normalized spacial score (nSPS) is 15.2. The molecule has 0 unspecified atom stereocenters. The van der Waals surface area contributed by atoms with E-state index in [0.29, 0.717) is 23.2 Å². The highest BCUT2D eigenvalue weighted by Crippen LogP contribution is 2.23. The number of anilines is 1. The van der Waals surface area contributed by atoms with Gasteiger partial charge in [-0.2, -0.15) is 4.31 Å². The number of piperidine rings is 1. The highest BCUT2D eigenvalue weighted by Gasteiger charge is 2.25. The third-order valence-electron chi connectivity index (χ3n) is 4.34. The van der Waals surface area contributed by atoms with E-state index in [2.05, 4.69) is 21.2 Å². The predicted molar refractivity (Wildman–Crippen MR) is 107 cm³/mol. The topological polar surface area (TPSA) is 75.7 Å². The summed E-state index contributed by atoms with van der Waals surface area (Å²) in [5.74, 6) is -1.08. The summed E-state index contributed by atoms with van der Waals surface area (Å²) in [5.41, 5.74) is 0.433. The molecule has 2 aromatic carbocycles. The highest BCUT2D eigenvalue weighted by atomic mass is 79.9. The summed E-state index contributed by atoms with van der Waals surface area (Å²) < 4.78 is 46.2.